The lowest BCUT2D eigenvalue weighted by molar-refractivity contribution is -0.479. The molecule has 0 aliphatic rings. The minimum absolute atomic E-state index is 0. The molecule has 3 heterocycles. The Hall–Kier alpha value is -2.21. The summed E-state index contributed by atoms with van der Waals surface area (Å²) in [6.45, 7) is 2.17. The van der Waals surface area contributed by atoms with Gasteiger partial charge in [-0.1, -0.05) is 13.0 Å². The first kappa shape index (κ1) is 16.3. The molecule has 0 radical (unpaired) electrons. The molecule has 0 saturated heterocycles. The van der Waals surface area contributed by atoms with Crippen LogP contribution in [0.3, 0.4) is 0 Å². The van der Waals surface area contributed by atoms with Gasteiger partial charge in [0.25, 0.3) is 5.65 Å². The molecule has 5 rings (SSSR count). The molecule has 0 N–H and O–H groups in total. The van der Waals surface area contributed by atoms with Gasteiger partial charge in [-0.2, -0.15) is 8.80 Å². The van der Waals surface area contributed by atoms with E-state index in [1.807, 2.05) is 18.2 Å². The van der Waals surface area contributed by atoms with Crippen molar-refractivity contribution in [2.24, 2.45) is 0 Å². The third-order valence-corrected chi connectivity index (χ3v) is 4.83. The molecule has 0 amide bonds. The van der Waals surface area contributed by atoms with Crippen molar-refractivity contribution in [2.75, 3.05) is 0 Å². The van der Waals surface area contributed by atoms with Crippen molar-refractivity contribution in [1.82, 2.24) is 4.40 Å². The van der Waals surface area contributed by atoms with Gasteiger partial charge in [-0.25, -0.2) is 4.39 Å². The minimum atomic E-state index is -0.205. The maximum absolute atomic E-state index is 13.5. The Labute approximate surface area is 161 Å². The fourth-order valence-electron chi connectivity index (χ4n) is 3.60. The lowest BCUT2D eigenvalue weighted by Gasteiger charge is -2.01. The predicted molar refractivity (Wildman–Crippen MR) is 94.9 cm³/mol. The summed E-state index contributed by atoms with van der Waals surface area (Å²) in [5.74, 6) is -0.205. The van der Waals surface area contributed by atoms with Gasteiger partial charge >= 0.3 is 0 Å². The van der Waals surface area contributed by atoms with Crippen LogP contribution in [0.1, 0.15) is 12.5 Å². The fraction of sp³-hybridized carbons (Fsp3) is 0.0952. The van der Waals surface area contributed by atoms with Gasteiger partial charge in [0.15, 0.2) is 5.52 Å². The molecule has 0 aliphatic carbocycles. The summed E-state index contributed by atoms with van der Waals surface area (Å²) >= 11 is 0. The minimum Gasteiger partial charge on any atom is -1.00 e. The summed E-state index contributed by atoms with van der Waals surface area (Å²) in [5.41, 5.74) is 5.72. The maximum Gasteiger partial charge on any atom is 0.292 e. The molecule has 124 valence electrons. The van der Waals surface area contributed by atoms with Crippen molar-refractivity contribution in [3.63, 3.8) is 0 Å². The average molecular weight is 442 g/mol. The van der Waals surface area contributed by atoms with Crippen LogP contribution in [0.25, 0.3) is 33.0 Å². The van der Waals surface area contributed by atoms with Crippen molar-refractivity contribution in [2.45, 2.75) is 13.3 Å². The molecule has 0 fully saturated rings. The van der Waals surface area contributed by atoms with E-state index in [1.54, 1.807) is 6.07 Å². The van der Waals surface area contributed by atoms with Crippen molar-refractivity contribution in [3.05, 3.63) is 78.2 Å². The predicted octanol–water partition coefficient (Wildman–Crippen LogP) is 1.69. The quantitative estimate of drug-likeness (QED) is 0.276. The van der Waals surface area contributed by atoms with E-state index in [1.165, 1.54) is 22.5 Å². The zero-order chi connectivity index (χ0) is 16.3. The Kier molecular flexibility index (Phi) is 3.87. The summed E-state index contributed by atoms with van der Waals surface area (Å²) in [6.07, 6.45) is 3.18. The molecule has 0 atom stereocenters. The Bertz CT molecular complexity index is 1260. The molecule has 0 aliphatic heterocycles. The Morgan fingerprint density at radius 2 is 1.76 bits per heavy atom. The second kappa shape index (κ2) is 5.95. The van der Waals surface area contributed by atoms with Crippen LogP contribution in [-0.2, 0) is 6.42 Å². The first-order valence-electron chi connectivity index (χ1n) is 8.21. The molecule has 4 heteroatoms. The molecule has 5 aromatic rings. The van der Waals surface area contributed by atoms with Gasteiger partial charge in [0, 0.05) is 16.8 Å². The summed E-state index contributed by atoms with van der Waals surface area (Å²) in [4.78, 5) is 0. The van der Waals surface area contributed by atoms with Gasteiger partial charge in [0.05, 0.1) is 0 Å². The highest BCUT2D eigenvalue weighted by atomic mass is 127. The number of fused-ring (bicyclic) bond motifs is 7. The molecule has 2 aromatic carbocycles. The lowest BCUT2D eigenvalue weighted by atomic mass is 10.1. The van der Waals surface area contributed by atoms with Crippen molar-refractivity contribution in [1.29, 1.82) is 0 Å². The van der Waals surface area contributed by atoms with E-state index in [-0.39, 0.29) is 29.8 Å². The van der Waals surface area contributed by atoms with E-state index in [0.29, 0.717) is 0 Å². The molecule has 3 aromatic heterocycles. The van der Waals surface area contributed by atoms with Crippen molar-refractivity contribution < 1.29 is 32.8 Å². The Morgan fingerprint density at radius 3 is 2.60 bits per heavy atom. The van der Waals surface area contributed by atoms with Gasteiger partial charge < -0.3 is 24.0 Å². The monoisotopic (exact) mass is 442 g/mol. The first-order chi connectivity index (χ1) is 11.7. The molecule has 2 nitrogen and oxygen atoms in total. The van der Waals surface area contributed by atoms with E-state index in [0.717, 1.165) is 28.5 Å². The summed E-state index contributed by atoms with van der Waals surface area (Å²) in [7, 11) is 0. The number of hydrogen-bond acceptors (Lipinski definition) is 0. The van der Waals surface area contributed by atoms with E-state index in [4.69, 9.17) is 0 Å². The molecular weight excluding hydrogens is 426 g/mol. The van der Waals surface area contributed by atoms with E-state index >= 15 is 0 Å². The second-order valence-electron chi connectivity index (χ2n) is 6.23. The largest absolute Gasteiger partial charge is 1.00 e. The van der Waals surface area contributed by atoms with Gasteiger partial charge in [-0.15, -0.1) is 0 Å². The van der Waals surface area contributed by atoms with E-state index < -0.39 is 0 Å². The molecular formula is C21H16FIN2. The summed E-state index contributed by atoms with van der Waals surface area (Å²) in [6, 6.07) is 19.9. The van der Waals surface area contributed by atoms with Crippen LogP contribution in [0.5, 0.6) is 0 Å². The molecule has 25 heavy (non-hydrogen) atoms. The number of imidazole rings is 1. The van der Waals surface area contributed by atoms with Crippen LogP contribution in [0, 0.1) is 5.82 Å². The number of rotatable bonds is 1. The molecule has 0 saturated carbocycles. The van der Waals surface area contributed by atoms with Gasteiger partial charge in [0.2, 0.25) is 0 Å². The lowest BCUT2D eigenvalue weighted by Crippen LogP contribution is -3.00. The zero-order valence-electron chi connectivity index (χ0n) is 13.7. The molecule has 0 unspecified atom stereocenters. The standard InChI is InChI=1S/C21H16FN2.HI/c1-2-14-3-8-19-15(11-14)5-10-21-23(19)13-18-7-4-16-12-17(22)6-9-20(16)24(18)21;/h3-13H,2H2,1H3;1H/q+1;/p-1. The highest BCUT2D eigenvalue weighted by Gasteiger charge is 2.16. The number of aryl methyl sites for hydroxylation is 1. The average Bonchev–Trinajstić information content (AvgIpc) is 3.00. The van der Waals surface area contributed by atoms with Gasteiger partial charge in [-0.05, 0) is 60.5 Å². The zero-order valence-corrected chi connectivity index (χ0v) is 15.9. The van der Waals surface area contributed by atoms with Gasteiger partial charge in [-0.3, -0.25) is 0 Å². The number of nitrogens with zero attached hydrogens (tertiary/aromatic N) is 2. The van der Waals surface area contributed by atoms with Crippen molar-refractivity contribution >= 4 is 33.0 Å². The molecule has 0 spiro atoms. The van der Waals surface area contributed by atoms with E-state index in [9.17, 15) is 4.39 Å². The number of pyridine rings is 2. The third kappa shape index (κ3) is 2.39. The fourth-order valence-corrected chi connectivity index (χ4v) is 3.60. The topological polar surface area (TPSA) is 8.51 Å². The van der Waals surface area contributed by atoms with Crippen LogP contribution in [0.15, 0.2) is 66.9 Å². The van der Waals surface area contributed by atoms with Gasteiger partial charge in [0.1, 0.15) is 23.0 Å². The van der Waals surface area contributed by atoms with Crippen LogP contribution in [-0.4, -0.2) is 4.40 Å². The van der Waals surface area contributed by atoms with Crippen LogP contribution < -0.4 is 28.4 Å². The SMILES string of the molecule is CCc1ccc2c(ccc3n4c(ccc5cc(F)ccc54)c[n+]23)c1.[I-]. The first-order valence-corrected chi connectivity index (χ1v) is 8.21. The normalized spacial score (nSPS) is 11.4. The summed E-state index contributed by atoms with van der Waals surface area (Å²) in [5, 5.41) is 2.14. The number of aromatic nitrogens is 2. The van der Waals surface area contributed by atoms with Crippen LogP contribution >= 0.6 is 0 Å². The van der Waals surface area contributed by atoms with Crippen molar-refractivity contribution in [3.8, 4) is 0 Å². The van der Waals surface area contributed by atoms with Crippen LogP contribution in [0.2, 0.25) is 0 Å². The third-order valence-electron chi connectivity index (χ3n) is 4.83. The summed E-state index contributed by atoms with van der Waals surface area (Å²) < 4.78 is 17.9. The Balaban J connectivity index is 0.00000157. The second-order valence-corrected chi connectivity index (χ2v) is 6.23. The van der Waals surface area contributed by atoms with Crippen LogP contribution in [0.4, 0.5) is 4.39 Å². The number of hydrogen-bond donors (Lipinski definition) is 0. The maximum atomic E-state index is 13.5. The Morgan fingerprint density at radius 1 is 0.920 bits per heavy atom. The van der Waals surface area contributed by atoms with E-state index in [2.05, 4.69) is 52.3 Å². The highest BCUT2D eigenvalue weighted by molar-refractivity contribution is 5.85. The highest BCUT2D eigenvalue weighted by Crippen LogP contribution is 2.22. The number of halogens is 2. The molecule has 0 bridgehead atoms. The number of benzene rings is 2. The smallest absolute Gasteiger partial charge is 0.292 e.